The molecule has 0 radical (unpaired) electrons. The van der Waals surface area contributed by atoms with Gasteiger partial charge in [-0.3, -0.25) is 4.68 Å². The highest BCUT2D eigenvalue weighted by Crippen LogP contribution is 2.36. The minimum absolute atomic E-state index is 0.543. The molecule has 0 saturated heterocycles. The molecule has 102 valence electrons. The highest BCUT2D eigenvalue weighted by Gasteiger charge is 2.14. The fourth-order valence-electron chi connectivity index (χ4n) is 1.77. The summed E-state index contributed by atoms with van der Waals surface area (Å²) < 4.78 is 1.81. The molecule has 2 N–H and O–H groups in total. The summed E-state index contributed by atoms with van der Waals surface area (Å²) in [5, 5.41) is 6.47. The lowest BCUT2D eigenvalue weighted by Gasteiger charge is -2.04. The number of nitrogens with zero attached hydrogens (tertiary/aromatic N) is 2. The van der Waals surface area contributed by atoms with E-state index in [9.17, 15) is 0 Å². The van der Waals surface area contributed by atoms with E-state index in [4.69, 9.17) is 28.9 Å². The number of hydrogen-bond donors (Lipinski definition) is 1. The number of aromatic nitrogens is 2. The fraction of sp³-hybridized carbons (Fsp3) is 0.308. The van der Waals surface area contributed by atoms with E-state index in [0.29, 0.717) is 10.0 Å². The lowest BCUT2D eigenvalue weighted by atomic mass is 10.2. The van der Waals surface area contributed by atoms with Gasteiger partial charge in [0, 0.05) is 11.9 Å². The first-order valence-corrected chi connectivity index (χ1v) is 7.54. The first kappa shape index (κ1) is 14.6. The third kappa shape index (κ3) is 3.19. The van der Waals surface area contributed by atoms with Crippen molar-refractivity contribution in [2.45, 2.75) is 29.7 Å². The third-order valence-electron chi connectivity index (χ3n) is 2.70. The lowest BCUT2D eigenvalue weighted by molar-refractivity contribution is 0.682. The van der Waals surface area contributed by atoms with Gasteiger partial charge in [-0.1, -0.05) is 48.3 Å². The molecule has 1 aromatic heterocycles. The molecule has 2 aromatic rings. The second-order valence-corrected chi connectivity index (χ2v) is 6.09. The van der Waals surface area contributed by atoms with Crippen LogP contribution in [0.4, 0.5) is 5.69 Å². The summed E-state index contributed by atoms with van der Waals surface area (Å²) in [5.41, 5.74) is 7.84. The molecule has 1 heterocycles. The molecule has 0 amide bonds. The quantitative estimate of drug-likeness (QED) is 0.908. The van der Waals surface area contributed by atoms with Crippen LogP contribution in [0.2, 0.25) is 10.0 Å². The Kier molecular flexibility index (Phi) is 4.66. The van der Waals surface area contributed by atoms with Crippen LogP contribution >= 0.6 is 35.0 Å². The van der Waals surface area contributed by atoms with Gasteiger partial charge in [0.15, 0.2) is 0 Å². The van der Waals surface area contributed by atoms with Crippen molar-refractivity contribution in [2.24, 2.45) is 7.05 Å². The summed E-state index contributed by atoms with van der Waals surface area (Å²) in [5.74, 6) is 0. The number of halogens is 2. The second kappa shape index (κ2) is 6.07. The van der Waals surface area contributed by atoms with Crippen LogP contribution in [0, 0.1) is 0 Å². The van der Waals surface area contributed by atoms with E-state index in [1.807, 2.05) is 23.9 Å². The van der Waals surface area contributed by atoms with Gasteiger partial charge in [-0.15, -0.1) is 0 Å². The van der Waals surface area contributed by atoms with E-state index in [2.05, 4.69) is 12.0 Å². The molecule has 6 heteroatoms. The molecular weight excluding hydrogens is 301 g/mol. The van der Waals surface area contributed by atoms with Crippen molar-refractivity contribution >= 4 is 40.7 Å². The molecule has 1 aromatic carbocycles. The van der Waals surface area contributed by atoms with Crippen LogP contribution in [0.15, 0.2) is 28.1 Å². The van der Waals surface area contributed by atoms with Gasteiger partial charge in [-0.2, -0.15) is 5.10 Å². The molecule has 0 bridgehead atoms. The van der Waals surface area contributed by atoms with E-state index in [1.165, 1.54) is 0 Å². The summed E-state index contributed by atoms with van der Waals surface area (Å²) in [7, 11) is 1.90. The molecule has 0 spiro atoms. The number of rotatable bonds is 4. The maximum atomic E-state index is 6.14. The molecule has 3 nitrogen and oxygen atoms in total. The molecule has 0 saturated carbocycles. The van der Waals surface area contributed by atoms with E-state index in [-0.39, 0.29) is 0 Å². The maximum Gasteiger partial charge on any atom is 0.122 e. The third-order valence-corrected chi connectivity index (χ3v) is 4.60. The number of anilines is 1. The van der Waals surface area contributed by atoms with Gasteiger partial charge in [0.05, 0.1) is 21.4 Å². The van der Waals surface area contributed by atoms with Gasteiger partial charge in [0.1, 0.15) is 5.03 Å². The van der Waals surface area contributed by atoms with Crippen LogP contribution in [0.25, 0.3) is 0 Å². The lowest BCUT2D eigenvalue weighted by Crippen LogP contribution is -1.93. The van der Waals surface area contributed by atoms with Crippen LogP contribution in [-0.2, 0) is 13.5 Å². The van der Waals surface area contributed by atoms with Gasteiger partial charge in [-0.25, -0.2) is 0 Å². The SMILES string of the molecule is CCCc1nn(C)c(Sc2ccc(Cl)c(Cl)c2)c1N. The number of nitrogens with two attached hydrogens (primary N) is 1. The normalized spacial score (nSPS) is 10.9. The summed E-state index contributed by atoms with van der Waals surface area (Å²) in [6, 6.07) is 5.54. The van der Waals surface area contributed by atoms with Crippen molar-refractivity contribution in [3.05, 3.63) is 33.9 Å². The monoisotopic (exact) mass is 315 g/mol. The Hall–Kier alpha value is -0.840. The average molecular weight is 316 g/mol. The molecular formula is C13H15Cl2N3S. The van der Waals surface area contributed by atoms with Crippen molar-refractivity contribution in [3.8, 4) is 0 Å². The van der Waals surface area contributed by atoms with Crippen LogP contribution in [0.3, 0.4) is 0 Å². The Morgan fingerprint density at radius 3 is 2.68 bits per heavy atom. The standard InChI is InChI=1S/C13H15Cl2N3S/c1-3-4-11-12(16)13(18(2)17-11)19-8-5-6-9(14)10(15)7-8/h5-7H,3-4,16H2,1-2H3. The topological polar surface area (TPSA) is 43.8 Å². The summed E-state index contributed by atoms with van der Waals surface area (Å²) in [6.45, 7) is 2.11. The first-order chi connectivity index (χ1) is 9.02. The molecule has 0 atom stereocenters. The zero-order valence-electron chi connectivity index (χ0n) is 10.8. The Bertz CT molecular complexity index is 596. The van der Waals surface area contributed by atoms with E-state index < -0.39 is 0 Å². The molecule has 0 aliphatic heterocycles. The van der Waals surface area contributed by atoms with E-state index in [0.717, 1.165) is 34.1 Å². The van der Waals surface area contributed by atoms with Gasteiger partial charge < -0.3 is 5.73 Å². The summed E-state index contributed by atoms with van der Waals surface area (Å²) in [4.78, 5) is 0.993. The average Bonchev–Trinajstić information content (AvgIpc) is 2.62. The zero-order chi connectivity index (χ0) is 14.0. The van der Waals surface area contributed by atoms with Crippen molar-refractivity contribution in [3.63, 3.8) is 0 Å². The largest absolute Gasteiger partial charge is 0.395 e. The minimum Gasteiger partial charge on any atom is -0.395 e. The fourth-order valence-corrected chi connectivity index (χ4v) is 3.07. The Balaban J connectivity index is 2.30. The van der Waals surface area contributed by atoms with E-state index in [1.54, 1.807) is 17.8 Å². The molecule has 0 unspecified atom stereocenters. The van der Waals surface area contributed by atoms with Crippen molar-refractivity contribution in [2.75, 3.05) is 5.73 Å². The Morgan fingerprint density at radius 1 is 1.32 bits per heavy atom. The highest BCUT2D eigenvalue weighted by atomic mass is 35.5. The number of aryl methyl sites for hydroxylation is 2. The Labute approximate surface area is 127 Å². The number of nitrogen functional groups attached to an aromatic ring is 1. The van der Waals surface area contributed by atoms with Crippen molar-refractivity contribution in [1.82, 2.24) is 9.78 Å². The molecule has 0 aliphatic rings. The second-order valence-electron chi connectivity index (χ2n) is 4.22. The predicted octanol–water partition coefficient (Wildman–Crippen LogP) is 4.41. The predicted molar refractivity (Wildman–Crippen MR) is 82.2 cm³/mol. The summed E-state index contributed by atoms with van der Waals surface area (Å²) in [6.07, 6.45) is 1.92. The zero-order valence-corrected chi connectivity index (χ0v) is 13.1. The highest BCUT2D eigenvalue weighted by molar-refractivity contribution is 7.99. The van der Waals surface area contributed by atoms with Crippen molar-refractivity contribution < 1.29 is 0 Å². The summed E-state index contributed by atoms with van der Waals surface area (Å²) >= 11 is 13.5. The van der Waals surface area contributed by atoms with Gasteiger partial charge in [0.25, 0.3) is 0 Å². The van der Waals surface area contributed by atoms with Crippen LogP contribution in [0.5, 0.6) is 0 Å². The van der Waals surface area contributed by atoms with Crippen LogP contribution < -0.4 is 5.73 Å². The minimum atomic E-state index is 0.543. The van der Waals surface area contributed by atoms with Crippen molar-refractivity contribution in [1.29, 1.82) is 0 Å². The maximum absolute atomic E-state index is 6.14. The number of hydrogen-bond acceptors (Lipinski definition) is 3. The van der Waals surface area contributed by atoms with Crippen LogP contribution in [-0.4, -0.2) is 9.78 Å². The first-order valence-electron chi connectivity index (χ1n) is 5.97. The van der Waals surface area contributed by atoms with Crippen LogP contribution in [0.1, 0.15) is 19.0 Å². The van der Waals surface area contributed by atoms with E-state index >= 15 is 0 Å². The molecule has 0 aliphatic carbocycles. The molecule has 19 heavy (non-hydrogen) atoms. The smallest absolute Gasteiger partial charge is 0.122 e. The number of benzene rings is 1. The van der Waals surface area contributed by atoms with Gasteiger partial charge in [-0.05, 0) is 24.6 Å². The van der Waals surface area contributed by atoms with Gasteiger partial charge >= 0.3 is 0 Å². The molecule has 0 fully saturated rings. The molecule has 2 rings (SSSR count). The van der Waals surface area contributed by atoms with Gasteiger partial charge in [0.2, 0.25) is 0 Å². The Morgan fingerprint density at radius 2 is 2.05 bits per heavy atom.